The number of ether oxygens (including phenoxy) is 1. The lowest BCUT2D eigenvalue weighted by Gasteiger charge is -2.18. The van der Waals surface area contributed by atoms with Crippen molar-refractivity contribution in [2.24, 2.45) is 10.9 Å². The predicted octanol–water partition coefficient (Wildman–Crippen LogP) is 5.48. The van der Waals surface area contributed by atoms with Gasteiger partial charge in [-0.15, -0.1) is 24.9 Å². The van der Waals surface area contributed by atoms with E-state index in [4.69, 9.17) is 11.6 Å². The van der Waals surface area contributed by atoms with Gasteiger partial charge in [0.05, 0.1) is 5.57 Å². The summed E-state index contributed by atoms with van der Waals surface area (Å²) in [4.78, 5) is 21.2. The van der Waals surface area contributed by atoms with Gasteiger partial charge in [-0.25, -0.2) is 4.98 Å². The van der Waals surface area contributed by atoms with Crippen LogP contribution in [0, 0.1) is 5.92 Å². The number of dihydropyridines is 1. The smallest absolute Gasteiger partial charge is 0.406 e. The van der Waals surface area contributed by atoms with Crippen molar-refractivity contribution in [1.29, 1.82) is 0 Å². The third kappa shape index (κ3) is 6.50. The summed E-state index contributed by atoms with van der Waals surface area (Å²) in [7, 11) is 0. The molecule has 3 rings (SSSR count). The Bertz CT molecular complexity index is 978. The number of nitrogens with zero attached hydrogens (tertiary/aromatic N) is 2. The number of carbonyl (C=O) groups excluding carboxylic acids is 1. The number of hydrogen-bond acceptors (Lipinski definition) is 5. The lowest BCUT2D eigenvalue weighted by molar-refractivity contribution is -0.274. The summed E-state index contributed by atoms with van der Waals surface area (Å²) in [5, 5.41) is 3.67. The van der Waals surface area contributed by atoms with Crippen molar-refractivity contribution in [3.05, 3.63) is 65.0 Å². The number of halogens is 4. The van der Waals surface area contributed by atoms with E-state index in [1.54, 1.807) is 12.3 Å². The van der Waals surface area contributed by atoms with Crippen LogP contribution in [0.15, 0.2) is 59.2 Å². The van der Waals surface area contributed by atoms with Crippen LogP contribution >= 0.6 is 23.4 Å². The Labute approximate surface area is 180 Å². The van der Waals surface area contributed by atoms with Crippen molar-refractivity contribution in [3.63, 3.8) is 0 Å². The van der Waals surface area contributed by atoms with Gasteiger partial charge in [0.15, 0.2) is 0 Å². The van der Waals surface area contributed by atoms with Crippen molar-refractivity contribution >= 4 is 40.0 Å². The second-order valence-electron chi connectivity index (χ2n) is 6.51. The standard InChI is InChI=1S/C20H17ClF3N3O2S/c1-12-8-16(19(26-10-12)30-11-13-6-7-25-17(21)9-13)18(28)27-14-2-4-15(5-3-14)29-20(22,23)24/h2-9,12H,10-11H2,1H3,(H,27,28). The molecule has 1 amide bonds. The predicted molar refractivity (Wildman–Crippen MR) is 112 cm³/mol. The fourth-order valence-electron chi connectivity index (χ4n) is 2.64. The van der Waals surface area contributed by atoms with E-state index >= 15 is 0 Å². The minimum atomic E-state index is -4.77. The van der Waals surface area contributed by atoms with Crippen LogP contribution in [0.3, 0.4) is 0 Å². The van der Waals surface area contributed by atoms with Gasteiger partial charge in [0.2, 0.25) is 0 Å². The number of aliphatic imine (C=N–C) groups is 1. The maximum Gasteiger partial charge on any atom is 0.573 e. The fourth-order valence-corrected chi connectivity index (χ4v) is 3.80. The average molecular weight is 456 g/mol. The monoisotopic (exact) mass is 455 g/mol. The molecule has 2 aromatic rings. The van der Waals surface area contributed by atoms with Crippen molar-refractivity contribution in [2.75, 3.05) is 11.9 Å². The zero-order chi connectivity index (χ0) is 21.7. The summed E-state index contributed by atoms with van der Waals surface area (Å²) in [6.45, 7) is 2.52. The third-order valence-corrected chi connectivity index (χ3v) is 5.27. The number of nitrogens with one attached hydrogen (secondary N) is 1. The molecule has 0 bridgehead atoms. The molecular formula is C20H17ClF3N3O2S. The number of amides is 1. The molecule has 158 valence electrons. The van der Waals surface area contributed by atoms with E-state index in [1.165, 1.54) is 23.9 Å². The first-order valence-electron chi connectivity index (χ1n) is 8.86. The highest BCUT2D eigenvalue weighted by atomic mass is 35.5. The molecule has 1 atom stereocenters. The van der Waals surface area contributed by atoms with Gasteiger partial charge in [-0.05, 0) is 47.9 Å². The Morgan fingerprint density at radius 2 is 2.03 bits per heavy atom. The van der Waals surface area contributed by atoms with Crippen LogP contribution in [0.5, 0.6) is 5.75 Å². The molecule has 10 heteroatoms. The molecule has 2 heterocycles. The molecule has 1 aliphatic heterocycles. The number of pyridine rings is 1. The topological polar surface area (TPSA) is 63.6 Å². The summed E-state index contributed by atoms with van der Waals surface area (Å²) < 4.78 is 40.6. The number of thioether (sulfide) groups is 1. The lowest BCUT2D eigenvalue weighted by atomic mass is 10.0. The van der Waals surface area contributed by atoms with Crippen LogP contribution in [0.1, 0.15) is 12.5 Å². The van der Waals surface area contributed by atoms with Crippen molar-refractivity contribution in [3.8, 4) is 5.75 Å². The van der Waals surface area contributed by atoms with E-state index < -0.39 is 6.36 Å². The third-order valence-electron chi connectivity index (χ3n) is 3.96. The molecular weight excluding hydrogens is 439 g/mol. The first-order valence-corrected chi connectivity index (χ1v) is 10.2. The van der Waals surface area contributed by atoms with Crippen molar-refractivity contribution < 1.29 is 22.7 Å². The van der Waals surface area contributed by atoms with E-state index in [0.29, 0.717) is 33.8 Å². The first kappa shape index (κ1) is 22.2. The van der Waals surface area contributed by atoms with Gasteiger partial charge < -0.3 is 10.1 Å². The van der Waals surface area contributed by atoms with E-state index in [1.807, 2.05) is 19.1 Å². The minimum absolute atomic E-state index is 0.0908. The Morgan fingerprint density at radius 1 is 1.30 bits per heavy atom. The van der Waals surface area contributed by atoms with E-state index in [2.05, 4.69) is 20.0 Å². The molecule has 0 aliphatic carbocycles. The highest BCUT2D eigenvalue weighted by Crippen LogP contribution is 2.27. The highest BCUT2D eigenvalue weighted by molar-refractivity contribution is 8.13. The Hall–Kier alpha value is -2.52. The summed E-state index contributed by atoms with van der Waals surface area (Å²) >= 11 is 7.31. The average Bonchev–Trinajstić information content (AvgIpc) is 2.67. The summed E-state index contributed by atoms with van der Waals surface area (Å²) in [6, 6.07) is 8.53. The molecule has 1 aromatic heterocycles. The Balaban J connectivity index is 1.67. The maximum absolute atomic E-state index is 12.8. The van der Waals surface area contributed by atoms with Gasteiger partial charge in [0.25, 0.3) is 5.91 Å². The van der Waals surface area contributed by atoms with Gasteiger partial charge in [0, 0.05) is 24.2 Å². The van der Waals surface area contributed by atoms with E-state index in [0.717, 1.165) is 17.7 Å². The summed E-state index contributed by atoms with van der Waals surface area (Å²) in [5.74, 6) is -0.0956. The molecule has 0 fully saturated rings. The molecule has 1 unspecified atom stereocenters. The second-order valence-corrected chi connectivity index (χ2v) is 7.86. The SMILES string of the molecule is CC1C=C(C(=O)Nc2ccc(OC(F)(F)F)cc2)C(SCc2ccnc(Cl)c2)=NC1. The molecule has 0 saturated heterocycles. The number of carbonyl (C=O) groups is 1. The molecule has 1 N–H and O–H groups in total. The minimum Gasteiger partial charge on any atom is -0.406 e. The van der Waals surface area contributed by atoms with Crippen LogP contribution in [0.2, 0.25) is 5.15 Å². The van der Waals surface area contributed by atoms with E-state index in [9.17, 15) is 18.0 Å². The van der Waals surface area contributed by atoms with Crippen LogP contribution < -0.4 is 10.1 Å². The van der Waals surface area contributed by atoms with Crippen LogP contribution in [-0.2, 0) is 10.5 Å². The number of alkyl halides is 3. The number of hydrogen-bond donors (Lipinski definition) is 1. The van der Waals surface area contributed by atoms with Crippen molar-refractivity contribution in [1.82, 2.24) is 4.98 Å². The lowest BCUT2D eigenvalue weighted by Crippen LogP contribution is -2.23. The van der Waals surface area contributed by atoms with Crippen LogP contribution in [0.4, 0.5) is 18.9 Å². The second kappa shape index (κ2) is 9.53. The van der Waals surface area contributed by atoms with Gasteiger partial charge in [0.1, 0.15) is 15.9 Å². The zero-order valence-electron chi connectivity index (χ0n) is 15.7. The number of benzene rings is 1. The number of rotatable bonds is 5. The molecule has 0 saturated carbocycles. The van der Waals surface area contributed by atoms with Crippen molar-refractivity contribution in [2.45, 2.75) is 19.0 Å². The van der Waals surface area contributed by atoms with Gasteiger partial charge >= 0.3 is 6.36 Å². The zero-order valence-corrected chi connectivity index (χ0v) is 17.3. The molecule has 1 aromatic carbocycles. The maximum atomic E-state index is 12.8. The Morgan fingerprint density at radius 3 is 2.70 bits per heavy atom. The molecule has 1 aliphatic rings. The number of anilines is 1. The molecule has 5 nitrogen and oxygen atoms in total. The molecule has 0 radical (unpaired) electrons. The van der Waals surface area contributed by atoms with Gasteiger partial charge in [-0.2, -0.15) is 0 Å². The normalized spacial score (nSPS) is 16.5. The highest BCUT2D eigenvalue weighted by Gasteiger charge is 2.31. The largest absolute Gasteiger partial charge is 0.573 e. The van der Waals surface area contributed by atoms with Crippen LogP contribution in [-0.4, -0.2) is 28.8 Å². The Kier molecular flexibility index (Phi) is 7.04. The van der Waals surface area contributed by atoms with Gasteiger partial charge in [-0.1, -0.05) is 24.6 Å². The van der Waals surface area contributed by atoms with Gasteiger partial charge in [-0.3, -0.25) is 9.79 Å². The summed E-state index contributed by atoms with van der Waals surface area (Å²) in [5.41, 5.74) is 1.72. The number of aromatic nitrogens is 1. The molecule has 30 heavy (non-hydrogen) atoms. The fraction of sp³-hybridized carbons (Fsp3) is 0.250. The quantitative estimate of drug-likeness (QED) is 0.606. The summed E-state index contributed by atoms with van der Waals surface area (Å²) in [6.07, 6.45) is -1.32. The molecule has 0 spiro atoms. The van der Waals surface area contributed by atoms with E-state index in [-0.39, 0.29) is 17.6 Å². The van der Waals surface area contributed by atoms with Crippen LogP contribution in [0.25, 0.3) is 0 Å². The first-order chi connectivity index (χ1) is 14.2.